The number of nitriles is 1. The number of nitrogens with zero attached hydrogens (tertiary/aromatic N) is 2. The Morgan fingerprint density at radius 3 is 2.39 bits per heavy atom. The van der Waals surface area contributed by atoms with E-state index in [1.165, 1.54) is 23.5 Å². The van der Waals surface area contributed by atoms with Crippen molar-refractivity contribution in [1.29, 1.82) is 5.26 Å². The fraction of sp³-hybridized carbons (Fsp3) is 0.235. The third kappa shape index (κ3) is 2.81. The fourth-order valence-corrected chi connectivity index (χ4v) is 4.26. The molecule has 118 valence electrons. The van der Waals surface area contributed by atoms with Gasteiger partial charge < -0.3 is 4.74 Å². The molecule has 23 heavy (non-hydrogen) atoms. The number of fused-ring (bicyclic) bond motifs is 1. The van der Waals surface area contributed by atoms with Gasteiger partial charge in [0.1, 0.15) is 11.8 Å². The number of ether oxygens (including phenoxy) is 1. The summed E-state index contributed by atoms with van der Waals surface area (Å²) in [4.78, 5) is 0.165. The van der Waals surface area contributed by atoms with Gasteiger partial charge in [-0.05, 0) is 35.4 Å². The summed E-state index contributed by atoms with van der Waals surface area (Å²) in [7, 11) is -2.21. The highest BCUT2D eigenvalue weighted by molar-refractivity contribution is 7.89. The first-order valence-electron chi connectivity index (χ1n) is 7.18. The van der Waals surface area contributed by atoms with Gasteiger partial charge >= 0.3 is 0 Å². The van der Waals surface area contributed by atoms with Crippen molar-refractivity contribution < 1.29 is 13.2 Å². The Balaban J connectivity index is 1.99. The van der Waals surface area contributed by atoms with Crippen LogP contribution < -0.4 is 4.74 Å². The van der Waals surface area contributed by atoms with Crippen LogP contribution >= 0.6 is 0 Å². The summed E-state index contributed by atoms with van der Waals surface area (Å²) in [5.41, 5.74) is 1.97. The standard InChI is InChI=1S/C17H16N2O3S/c1-22-16-6-8-17(9-7-16)23(20,21)19-12-14-5-3-2-4-13(14)10-15(19)11-18/h2-9,15H,10,12H2,1H3/t15-/m1/s1. The first-order chi connectivity index (χ1) is 11.1. The lowest BCUT2D eigenvalue weighted by Crippen LogP contribution is -2.43. The molecule has 1 aliphatic heterocycles. The van der Waals surface area contributed by atoms with Crippen LogP contribution in [-0.2, 0) is 23.0 Å². The highest BCUT2D eigenvalue weighted by Crippen LogP contribution is 2.29. The van der Waals surface area contributed by atoms with Crippen molar-refractivity contribution in [3.05, 3.63) is 59.7 Å². The smallest absolute Gasteiger partial charge is 0.244 e. The molecule has 5 nitrogen and oxygen atoms in total. The van der Waals surface area contributed by atoms with Gasteiger partial charge in [-0.3, -0.25) is 0 Å². The van der Waals surface area contributed by atoms with Crippen molar-refractivity contribution in [2.24, 2.45) is 0 Å². The first-order valence-corrected chi connectivity index (χ1v) is 8.62. The summed E-state index contributed by atoms with van der Waals surface area (Å²) < 4.78 is 32.1. The minimum atomic E-state index is -3.74. The normalized spacial score (nSPS) is 18.0. The van der Waals surface area contributed by atoms with E-state index < -0.39 is 16.1 Å². The van der Waals surface area contributed by atoms with E-state index in [2.05, 4.69) is 6.07 Å². The third-order valence-corrected chi connectivity index (χ3v) is 5.89. The van der Waals surface area contributed by atoms with Gasteiger partial charge in [-0.2, -0.15) is 9.57 Å². The molecule has 0 fully saturated rings. The van der Waals surface area contributed by atoms with Crippen LogP contribution in [0.4, 0.5) is 0 Å². The second-order valence-corrected chi connectivity index (χ2v) is 7.23. The molecule has 0 unspecified atom stereocenters. The maximum atomic E-state index is 12.9. The van der Waals surface area contributed by atoms with Gasteiger partial charge in [0.05, 0.1) is 18.1 Å². The molecular formula is C17H16N2O3S. The molecule has 0 N–H and O–H groups in total. The molecule has 3 rings (SSSR count). The molecule has 0 amide bonds. The fourth-order valence-electron chi connectivity index (χ4n) is 2.74. The number of benzene rings is 2. The van der Waals surface area contributed by atoms with Gasteiger partial charge in [-0.25, -0.2) is 8.42 Å². The quantitative estimate of drug-likeness (QED) is 0.867. The van der Waals surface area contributed by atoms with Crippen molar-refractivity contribution >= 4 is 10.0 Å². The minimum absolute atomic E-state index is 0.165. The monoisotopic (exact) mass is 328 g/mol. The molecule has 1 aliphatic rings. The van der Waals surface area contributed by atoms with Gasteiger partial charge in [-0.15, -0.1) is 0 Å². The highest BCUT2D eigenvalue weighted by Gasteiger charge is 2.35. The van der Waals surface area contributed by atoms with E-state index in [9.17, 15) is 13.7 Å². The molecule has 0 spiro atoms. The molecule has 0 aliphatic carbocycles. The van der Waals surface area contributed by atoms with E-state index in [-0.39, 0.29) is 11.4 Å². The predicted octanol–water partition coefficient (Wildman–Crippen LogP) is 2.33. The molecule has 1 heterocycles. The summed E-state index contributed by atoms with van der Waals surface area (Å²) in [6.45, 7) is 0.211. The van der Waals surface area contributed by atoms with Crippen molar-refractivity contribution in [2.45, 2.75) is 23.9 Å². The van der Waals surface area contributed by atoms with Gasteiger partial charge in [0.2, 0.25) is 10.0 Å². The Hall–Kier alpha value is -2.36. The number of hydrogen-bond acceptors (Lipinski definition) is 4. The average molecular weight is 328 g/mol. The van der Waals surface area contributed by atoms with Crippen molar-refractivity contribution in [3.8, 4) is 11.8 Å². The van der Waals surface area contributed by atoms with Gasteiger partial charge in [0, 0.05) is 13.0 Å². The van der Waals surface area contributed by atoms with Crippen molar-refractivity contribution in [2.75, 3.05) is 7.11 Å². The lowest BCUT2D eigenvalue weighted by molar-refractivity contribution is 0.340. The number of rotatable bonds is 3. The second kappa shape index (κ2) is 6.03. The maximum Gasteiger partial charge on any atom is 0.244 e. The van der Waals surface area contributed by atoms with E-state index in [0.717, 1.165) is 11.1 Å². The Bertz CT molecular complexity index is 854. The molecule has 0 bridgehead atoms. The summed E-state index contributed by atoms with van der Waals surface area (Å²) in [6, 6.07) is 15.3. The van der Waals surface area contributed by atoms with Crippen molar-refractivity contribution in [1.82, 2.24) is 4.31 Å². The van der Waals surface area contributed by atoms with Crippen molar-refractivity contribution in [3.63, 3.8) is 0 Å². The lowest BCUT2D eigenvalue weighted by atomic mass is 9.97. The van der Waals surface area contributed by atoms with E-state index in [4.69, 9.17) is 4.74 Å². The Labute approximate surface area is 135 Å². The zero-order chi connectivity index (χ0) is 16.4. The first kappa shape index (κ1) is 15.5. The van der Waals surface area contributed by atoms with E-state index in [0.29, 0.717) is 12.2 Å². The van der Waals surface area contributed by atoms with E-state index >= 15 is 0 Å². The Morgan fingerprint density at radius 2 is 1.78 bits per heavy atom. The van der Waals surface area contributed by atoms with E-state index in [1.54, 1.807) is 12.1 Å². The lowest BCUT2D eigenvalue weighted by Gasteiger charge is -2.32. The predicted molar refractivity (Wildman–Crippen MR) is 85.3 cm³/mol. The molecule has 2 aromatic rings. The van der Waals surface area contributed by atoms with Crippen LogP contribution in [0.3, 0.4) is 0 Å². The maximum absolute atomic E-state index is 12.9. The number of methoxy groups -OCH3 is 1. The molecular weight excluding hydrogens is 312 g/mol. The van der Waals surface area contributed by atoms with Crippen LogP contribution in [0.15, 0.2) is 53.4 Å². The largest absolute Gasteiger partial charge is 0.497 e. The van der Waals surface area contributed by atoms with Crippen LogP contribution in [0.25, 0.3) is 0 Å². The second-order valence-electron chi connectivity index (χ2n) is 5.34. The molecule has 0 saturated carbocycles. The summed E-state index contributed by atoms with van der Waals surface area (Å²) >= 11 is 0. The van der Waals surface area contributed by atoms with Gasteiger partial charge in [0.15, 0.2) is 0 Å². The SMILES string of the molecule is COc1ccc(S(=O)(=O)N2Cc3ccccc3C[C@@H]2C#N)cc1. The summed E-state index contributed by atoms with van der Waals surface area (Å²) in [5.74, 6) is 0.588. The zero-order valence-electron chi connectivity index (χ0n) is 12.6. The molecule has 2 aromatic carbocycles. The highest BCUT2D eigenvalue weighted by atomic mass is 32.2. The molecule has 6 heteroatoms. The molecule has 1 atom stereocenters. The average Bonchev–Trinajstić information content (AvgIpc) is 2.60. The third-order valence-electron chi connectivity index (χ3n) is 4.02. The van der Waals surface area contributed by atoms with E-state index in [1.807, 2.05) is 24.3 Å². The number of hydrogen-bond donors (Lipinski definition) is 0. The summed E-state index contributed by atoms with van der Waals surface area (Å²) in [5, 5.41) is 9.40. The summed E-state index contributed by atoms with van der Waals surface area (Å²) in [6.07, 6.45) is 0.405. The van der Waals surface area contributed by atoms with Crippen LogP contribution in [0.1, 0.15) is 11.1 Å². The Kier molecular flexibility index (Phi) is 4.07. The topological polar surface area (TPSA) is 70.4 Å². The van der Waals surface area contributed by atoms with Crippen LogP contribution in [0.2, 0.25) is 0 Å². The van der Waals surface area contributed by atoms with Crippen LogP contribution in [-0.4, -0.2) is 25.9 Å². The van der Waals surface area contributed by atoms with Gasteiger partial charge in [0.25, 0.3) is 0 Å². The van der Waals surface area contributed by atoms with Crippen LogP contribution in [0, 0.1) is 11.3 Å². The molecule has 0 aromatic heterocycles. The zero-order valence-corrected chi connectivity index (χ0v) is 13.5. The Morgan fingerprint density at radius 1 is 1.13 bits per heavy atom. The molecule has 0 saturated heterocycles. The number of sulfonamides is 1. The molecule has 0 radical (unpaired) electrons. The van der Waals surface area contributed by atoms with Gasteiger partial charge in [-0.1, -0.05) is 24.3 Å². The minimum Gasteiger partial charge on any atom is -0.497 e. The van der Waals surface area contributed by atoms with Crippen LogP contribution in [0.5, 0.6) is 5.75 Å².